The van der Waals surface area contributed by atoms with E-state index in [1.54, 1.807) is 0 Å². The lowest BCUT2D eigenvalue weighted by atomic mass is 10.0. The van der Waals surface area contributed by atoms with Crippen LogP contribution in [0.3, 0.4) is 0 Å². The molecule has 21 heavy (non-hydrogen) atoms. The van der Waals surface area contributed by atoms with E-state index in [0.717, 1.165) is 16.8 Å². The van der Waals surface area contributed by atoms with Crippen molar-refractivity contribution < 1.29 is 0 Å². The van der Waals surface area contributed by atoms with Crippen molar-refractivity contribution in [3.8, 4) is 11.1 Å². The van der Waals surface area contributed by atoms with Crippen molar-refractivity contribution in [1.29, 1.82) is 0 Å². The van der Waals surface area contributed by atoms with Crippen molar-refractivity contribution in [3.63, 3.8) is 0 Å². The normalized spacial score (nSPS) is 21.0. The largest absolute Gasteiger partial charge is 0.363 e. The van der Waals surface area contributed by atoms with Crippen molar-refractivity contribution in [2.45, 2.75) is 6.92 Å². The van der Waals surface area contributed by atoms with Crippen LogP contribution >= 0.6 is 0 Å². The minimum absolute atomic E-state index is 0.0610. The molecule has 1 aliphatic heterocycles. The molecule has 1 unspecified atom stereocenters. The number of nitrogens with zero attached hydrogens (tertiary/aromatic N) is 3. The van der Waals surface area contributed by atoms with Gasteiger partial charge in [0.25, 0.3) is 5.96 Å². The Labute approximate surface area is 123 Å². The lowest BCUT2D eigenvalue weighted by Gasteiger charge is -2.21. The molecule has 0 fully saturated rings. The Hall–Kier alpha value is -2.66. The van der Waals surface area contributed by atoms with Crippen LogP contribution in [0.4, 0.5) is 5.69 Å². The molecule has 5 nitrogen and oxygen atoms in total. The quantitative estimate of drug-likeness (QED) is 0.827. The van der Waals surface area contributed by atoms with E-state index in [9.17, 15) is 0 Å². The van der Waals surface area contributed by atoms with Crippen LogP contribution in [-0.2, 0) is 0 Å². The Morgan fingerprint density at radius 1 is 0.952 bits per heavy atom. The number of hydrogen-bond acceptors (Lipinski definition) is 4. The van der Waals surface area contributed by atoms with Gasteiger partial charge >= 0.3 is 5.96 Å². The molecule has 5 heteroatoms. The zero-order valence-electron chi connectivity index (χ0n) is 12.1. The smallest absolute Gasteiger partial charge is 0.335 e. The maximum Gasteiger partial charge on any atom is 0.335 e. The standard InChI is InChI=1S/C16H18N5/c1-11-5-3-6-12(9-11)13-7-4-8-14(10-13)21(2)16(18)19-15(17)20-21/h3-10H,1-2H3,(H4,17,18,19,20)/q+1. The van der Waals surface area contributed by atoms with Gasteiger partial charge in [-0.25, -0.2) is 0 Å². The van der Waals surface area contributed by atoms with Gasteiger partial charge in [0, 0.05) is 12.1 Å². The van der Waals surface area contributed by atoms with Crippen LogP contribution in [-0.4, -0.2) is 19.0 Å². The van der Waals surface area contributed by atoms with Crippen LogP contribution in [0.1, 0.15) is 5.56 Å². The second-order valence-electron chi connectivity index (χ2n) is 5.31. The van der Waals surface area contributed by atoms with Crippen molar-refractivity contribution in [2.24, 2.45) is 21.6 Å². The topological polar surface area (TPSA) is 76.8 Å². The minimum atomic E-state index is 0.0610. The minimum Gasteiger partial charge on any atom is -0.363 e. The Bertz CT molecular complexity index is 763. The number of nitrogens with two attached hydrogens (primary N) is 2. The molecule has 4 N–H and O–H groups in total. The second-order valence-corrected chi connectivity index (χ2v) is 5.31. The highest BCUT2D eigenvalue weighted by atomic mass is 15.7. The van der Waals surface area contributed by atoms with Crippen LogP contribution in [0.5, 0.6) is 0 Å². The van der Waals surface area contributed by atoms with E-state index in [2.05, 4.69) is 53.4 Å². The third kappa shape index (κ3) is 2.28. The summed E-state index contributed by atoms with van der Waals surface area (Å²) in [6.45, 7) is 2.08. The molecule has 1 aliphatic rings. The fraction of sp³-hybridized carbons (Fsp3) is 0.125. The van der Waals surface area contributed by atoms with Gasteiger partial charge in [-0.2, -0.15) is 0 Å². The number of aliphatic imine (C=N–C) groups is 1. The summed E-state index contributed by atoms with van der Waals surface area (Å²) in [5.41, 5.74) is 16.1. The first-order valence-electron chi connectivity index (χ1n) is 6.74. The number of hydrogen-bond donors (Lipinski definition) is 2. The van der Waals surface area contributed by atoms with E-state index in [1.165, 1.54) is 5.56 Å². The third-order valence-electron chi connectivity index (χ3n) is 3.68. The summed E-state index contributed by atoms with van der Waals surface area (Å²) in [5, 5.41) is 4.33. The van der Waals surface area contributed by atoms with Crippen molar-refractivity contribution in [1.82, 2.24) is 4.59 Å². The SMILES string of the molecule is Cc1cccc(-c2cccc([N+]3(C)N=C(N)N=C3N)c2)c1. The lowest BCUT2D eigenvalue weighted by Crippen LogP contribution is -2.48. The van der Waals surface area contributed by atoms with E-state index in [0.29, 0.717) is 5.96 Å². The van der Waals surface area contributed by atoms with Crippen molar-refractivity contribution in [2.75, 3.05) is 7.05 Å². The molecule has 0 radical (unpaired) electrons. The number of guanidine groups is 2. The first-order valence-corrected chi connectivity index (χ1v) is 6.74. The second kappa shape index (κ2) is 4.71. The van der Waals surface area contributed by atoms with Crippen LogP contribution in [0, 0.1) is 6.92 Å². The lowest BCUT2D eigenvalue weighted by molar-refractivity contribution is 0.529. The average Bonchev–Trinajstić information content (AvgIpc) is 2.73. The molecule has 2 aromatic carbocycles. The molecule has 0 saturated heterocycles. The molecule has 0 spiro atoms. The summed E-state index contributed by atoms with van der Waals surface area (Å²) >= 11 is 0. The molecule has 0 amide bonds. The van der Waals surface area contributed by atoms with Gasteiger partial charge in [0.15, 0.2) is 5.69 Å². The molecule has 1 heterocycles. The summed E-state index contributed by atoms with van der Waals surface area (Å²) in [6, 6.07) is 16.5. The van der Waals surface area contributed by atoms with Crippen LogP contribution in [0.15, 0.2) is 58.6 Å². The highest BCUT2D eigenvalue weighted by Crippen LogP contribution is 2.30. The van der Waals surface area contributed by atoms with Gasteiger partial charge in [0.05, 0.1) is 0 Å². The predicted octanol–water partition coefficient (Wildman–Crippen LogP) is 2.16. The summed E-state index contributed by atoms with van der Waals surface area (Å²) in [7, 11) is 1.87. The monoisotopic (exact) mass is 280 g/mol. The summed E-state index contributed by atoms with van der Waals surface area (Å²) in [4.78, 5) is 4.03. The van der Waals surface area contributed by atoms with Crippen molar-refractivity contribution in [3.05, 3.63) is 54.1 Å². The average molecular weight is 280 g/mol. The molecule has 2 aromatic rings. The number of benzene rings is 2. The van der Waals surface area contributed by atoms with Crippen LogP contribution in [0.25, 0.3) is 11.1 Å². The molecule has 0 bridgehead atoms. The first kappa shape index (κ1) is 13.3. The molecule has 3 rings (SSSR count). The predicted molar refractivity (Wildman–Crippen MR) is 87.6 cm³/mol. The third-order valence-corrected chi connectivity index (χ3v) is 3.68. The summed E-state index contributed by atoms with van der Waals surface area (Å²) in [6.07, 6.45) is 0. The molecular weight excluding hydrogens is 262 g/mol. The number of rotatable bonds is 2. The molecule has 1 atom stereocenters. The Balaban J connectivity index is 2.08. The summed E-state index contributed by atoms with van der Waals surface area (Å²) < 4.78 is 0.0610. The van der Waals surface area contributed by atoms with Gasteiger partial charge < -0.3 is 11.5 Å². The fourth-order valence-electron chi connectivity index (χ4n) is 2.46. The zero-order chi connectivity index (χ0) is 15.0. The van der Waals surface area contributed by atoms with Crippen LogP contribution < -0.4 is 16.1 Å². The van der Waals surface area contributed by atoms with E-state index in [1.807, 2.05) is 19.2 Å². The highest BCUT2D eigenvalue weighted by Gasteiger charge is 2.36. The van der Waals surface area contributed by atoms with Gasteiger partial charge in [0.1, 0.15) is 7.05 Å². The van der Waals surface area contributed by atoms with Gasteiger partial charge in [-0.05, 0) is 23.2 Å². The van der Waals surface area contributed by atoms with Crippen molar-refractivity contribution >= 4 is 17.6 Å². The molecule has 0 saturated carbocycles. The van der Waals surface area contributed by atoms with E-state index >= 15 is 0 Å². The Kier molecular flexibility index (Phi) is 2.99. The van der Waals surface area contributed by atoms with E-state index in [4.69, 9.17) is 11.5 Å². The number of aryl methyl sites for hydroxylation is 1. The number of quaternary nitrogens is 1. The summed E-state index contributed by atoms with van der Waals surface area (Å²) in [5.74, 6) is 0.574. The highest BCUT2D eigenvalue weighted by molar-refractivity contribution is 6.03. The van der Waals surface area contributed by atoms with E-state index in [-0.39, 0.29) is 10.6 Å². The maximum atomic E-state index is 5.98. The fourth-order valence-corrected chi connectivity index (χ4v) is 2.46. The van der Waals surface area contributed by atoms with Gasteiger partial charge in [-0.15, -0.1) is 9.58 Å². The molecule has 0 aromatic heterocycles. The van der Waals surface area contributed by atoms with Gasteiger partial charge in [-0.1, -0.05) is 42.0 Å². The Morgan fingerprint density at radius 3 is 2.24 bits per heavy atom. The first-order chi connectivity index (χ1) is 9.99. The van der Waals surface area contributed by atoms with Crippen LogP contribution in [0.2, 0.25) is 0 Å². The Morgan fingerprint density at radius 2 is 1.62 bits per heavy atom. The molecule has 106 valence electrons. The van der Waals surface area contributed by atoms with E-state index < -0.39 is 0 Å². The van der Waals surface area contributed by atoms with Gasteiger partial charge in [0.2, 0.25) is 0 Å². The molecular formula is C16H18N5+. The van der Waals surface area contributed by atoms with Gasteiger partial charge in [-0.3, -0.25) is 0 Å². The molecule has 0 aliphatic carbocycles. The zero-order valence-corrected chi connectivity index (χ0v) is 12.1. The maximum absolute atomic E-state index is 5.98.